The number of benzene rings is 1. The molecule has 0 spiro atoms. The van der Waals surface area contributed by atoms with Crippen LogP contribution in [0.1, 0.15) is 44.1 Å². The summed E-state index contributed by atoms with van der Waals surface area (Å²) >= 11 is 0. The number of amides is 2. The summed E-state index contributed by atoms with van der Waals surface area (Å²) in [6, 6.07) is 9.95. The second kappa shape index (κ2) is 9.72. The number of carbonyl (C=O) groups is 2. The molecule has 2 amide bonds. The molecule has 2 fully saturated rings. The van der Waals surface area contributed by atoms with Gasteiger partial charge in [-0.2, -0.15) is 0 Å². The average Bonchev–Trinajstić information content (AvgIpc) is 2.68. The molecule has 26 heavy (non-hydrogen) atoms. The molecule has 1 saturated heterocycles. The summed E-state index contributed by atoms with van der Waals surface area (Å²) in [5.41, 5.74) is 1.11. The van der Waals surface area contributed by atoms with Gasteiger partial charge in [0, 0.05) is 39.1 Å². The van der Waals surface area contributed by atoms with E-state index in [2.05, 4.69) is 10.2 Å². The molecule has 5 heteroatoms. The maximum atomic E-state index is 12.5. The van der Waals surface area contributed by atoms with E-state index in [1.807, 2.05) is 35.2 Å². The zero-order chi connectivity index (χ0) is 18.2. The molecule has 1 aliphatic carbocycles. The van der Waals surface area contributed by atoms with Gasteiger partial charge in [-0.25, -0.2) is 0 Å². The van der Waals surface area contributed by atoms with Crippen molar-refractivity contribution in [2.45, 2.75) is 45.1 Å². The lowest BCUT2D eigenvalue weighted by Gasteiger charge is -2.35. The lowest BCUT2D eigenvalue weighted by molar-refractivity contribution is -0.134. The normalized spacial score (nSPS) is 19.3. The van der Waals surface area contributed by atoms with Crippen LogP contribution in [0.2, 0.25) is 0 Å². The van der Waals surface area contributed by atoms with Crippen molar-refractivity contribution in [2.75, 3.05) is 32.7 Å². The van der Waals surface area contributed by atoms with Gasteiger partial charge in [0.2, 0.25) is 11.8 Å². The minimum atomic E-state index is 0.0517. The largest absolute Gasteiger partial charge is 0.351 e. The molecule has 1 aliphatic heterocycles. The van der Waals surface area contributed by atoms with Crippen LogP contribution in [-0.4, -0.2) is 54.3 Å². The molecule has 2 aliphatic rings. The van der Waals surface area contributed by atoms with Crippen molar-refractivity contribution in [3.63, 3.8) is 0 Å². The Morgan fingerprint density at radius 2 is 1.65 bits per heavy atom. The lowest BCUT2D eigenvalue weighted by atomic mass is 9.86. The van der Waals surface area contributed by atoms with Crippen LogP contribution in [0.3, 0.4) is 0 Å². The van der Waals surface area contributed by atoms with Crippen molar-refractivity contribution in [2.24, 2.45) is 5.92 Å². The van der Waals surface area contributed by atoms with Crippen molar-refractivity contribution in [1.29, 1.82) is 0 Å². The molecule has 1 N–H and O–H groups in total. The number of hydrogen-bond donors (Lipinski definition) is 1. The van der Waals surface area contributed by atoms with Gasteiger partial charge >= 0.3 is 0 Å². The third-order valence-corrected chi connectivity index (χ3v) is 5.61. The fourth-order valence-corrected chi connectivity index (χ4v) is 3.98. The van der Waals surface area contributed by atoms with Crippen LogP contribution in [0.4, 0.5) is 0 Å². The first-order chi connectivity index (χ1) is 12.7. The SMILES string of the molecule is O=C(CN1CCN(C(=O)CC2CCCCC2)CC1)NCc1ccccc1. The molecule has 1 heterocycles. The average molecular weight is 357 g/mol. The maximum Gasteiger partial charge on any atom is 0.234 e. The first-order valence-electron chi connectivity index (χ1n) is 10.0. The van der Waals surface area contributed by atoms with E-state index in [-0.39, 0.29) is 5.91 Å². The standard InChI is InChI=1S/C21H31N3O2/c25-20(22-16-19-9-5-2-6-10-19)17-23-11-13-24(14-12-23)21(26)15-18-7-3-1-4-8-18/h2,5-6,9-10,18H,1,3-4,7-8,11-17H2,(H,22,25). The zero-order valence-corrected chi connectivity index (χ0v) is 15.7. The van der Waals surface area contributed by atoms with Gasteiger partial charge in [-0.3, -0.25) is 14.5 Å². The van der Waals surface area contributed by atoms with Gasteiger partial charge in [0.25, 0.3) is 0 Å². The van der Waals surface area contributed by atoms with Gasteiger partial charge in [0.05, 0.1) is 6.54 Å². The summed E-state index contributed by atoms with van der Waals surface area (Å²) in [5.74, 6) is 0.957. The van der Waals surface area contributed by atoms with Gasteiger partial charge < -0.3 is 10.2 Å². The fourth-order valence-electron chi connectivity index (χ4n) is 3.98. The smallest absolute Gasteiger partial charge is 0.234 e. The molecule has 142 valence electrons. The zero-order valence-electron chi connectivity index (χ0n) is 15.7. The summed E-state index contributed by atoms with van der Waals surface area (Å²) in [7, 11) is 0. The minimum Gasteiger partial charge on any atom is -0.351 e. The molecule has 1 aromatic rings. The highest BCUT2D eigenvalue weighted by molar-refractivity contribution is 5.78. The molecular weight excluding hydrogens is 326 g/mol. The van der Waals surface area contributed by atoms with Gasteiger partial charge in [-0.05, 0) is 24.3 Å². The Morgan fingerprint density at radius 3 is 2.35 bits per heavy atom. The van der Waals surface area contributed by atoms with Crippen molar-refractivity contribution < 1.29 is 9.59 Å². The first kappa shape index (κ1) is 18.9. The first-order valence-corrected chi connectivity index (χ1v) is 10.0. The summed E-state index contributed by atoms with van der Waals surface area (Å²) < 4.78 is 0. The fraction of sp³-hybridized carbons (Fsp3) is 0.619. The predicted octanol–water partition coefficient (Wildman–Crippen LogP) is 2.42. The molecule has 5 nitrogen and oxygen atoms in total. The van der Waals surface area contributed by atoms with Crippen molar-refractivity contribution >= 4 is 11.8 Å². The van der Waals surface area contributed by atoms with Crippen LogP contribution in [0.15, 0.2) is 30.3 Å². The topological polar surface area (TPSA) is 52.7 Å². The Labute approximate surface area is 156 Å². The Hall–Kier alpha value is -1.88. The van der Waals surface area contributed by atoms with E-state index >= 15 is 0 Å². The van der Waals surface area contributed by atoms with E-state index in [0.29, 0.717) is 24.9 Å². The van der Waals surface area contributed by atoms with E-state index in [1.54, 1.807) is 0 Å². The number of nitrogens with zero attached hydrogens (tertiary/aromatic N) is 2. The van der Waals surface area contributed by atoms with Crippen molar-refractivity contribution in [3.8, 4) is 0 Å². The molecular formula is C21H31N3O2. The minimum absolute atomic E-state index is 0.0517. The Bertz CT molecular complexity index is 576. The molecule has 0 unspecified atom stereocenters. The van der Waals surface area contributed by atoms with Crippen LogP contribution in [-0.2, 0) is 16.1 Å². The van der Waals surface area contributed by atoms with Crippen LogP contribution >= 0.6 is 0 Å². The molecule has 1 saturated carbocycles. The van der Waals surface area contributed by atoms with Crippen LogP contribution in [0, 0.1) is 5.92 Å². The highest BCUT2D eigenvalue weighted by Crippen LogP contribution is 2.27. The second-order valence-electron chi connectivity index (χ2n) is 7.63. The van der Waals surface area contributed by atoms with E-state index in [1.165, 1.54) is 32.1 Å². The monoisotopic (exact) mass is 357 g/mol. The summed E-state index contributed by atoms with van der Waals surface area (Å²) in [5, 5.41) is 2.97. The van der Waals surface area contributed by atoms with Gasteiger partial charge in [-0.1, -0.05) is 49.6 Å². The highest BCUT2D eigenvalue weighted by atomic mass is 16.2. The predicted molar refractivity (Wildman–Crippen MR) is 103 cm³/mol. The van der Waals surface area contributed by atoms with E-state index < -0.39 is 0 Å². The summed E-state index contributed by atoms with van der Waals surface area (Å²) in [6.45, 7) is 4.05. The van der Waals surface area contributed by atoms with Crippen LogP contribution < -0.4 is 5.32 Å². The van der Waals surface area contributed by atoms with Crippen molar-refractivity contribution in [1.82, 2.24) is 15.1 Å². The van der Waals surface area contributed by atoms with E-state index in [9.17, 15) is 9.59 Å². The van der Waals surface area contributed by atoms with Gasteiger partial charge in [0.15, 0.2) is 0 Å². The Kier molecular flexibility index (Phi) is 7.06. The highest BCUT2D eigenvalue weighted by Gasteiger charge is 2.25. The molecule has 0 radical (unpaired) electrons. The number of hydrogen-bond acceptors (Lipinski definition) is 3. The number of piperazine rings is 1. The lowest BCUT2D eigenvalue weighted by Crippen LogP contribution is -2.51. The molecule has 1 aromatic carbocycles. The quantitative estimate of drug-likeness (QED) is 0.851. The maximum absolute atomic E-state index is 12.5. The van der Waals surface area contributed by atoms with Crippen LogP contribution in [0.5, 0.6) is 0 Å². The van der Waals surface area contributed by atoms with E-state index in [4.69, 9.17) is 0 Å². The molecule has 0 bridgehead atoms. The second-order valence-corrected chi connectivity index (χ2v) is 7.63. The van der Waals surface area contributed by atoms with E-state index in [0.717, 1.165) is 38.2 Å². The van der Waals surface area contributed by atoms with Gasteiger partial charge in [0.1, 0.15) is 0 Å². The molecule has 0 atom stereocenters. The summed E-state index contributed by atoms with van der Waals surface area (Å²) in [6.07, 6.45) is 7.04. The molecule has 3 rings (SSSR count). The van der Waals surface area contributed by atoms with Crippen molar-refractivity contribution in [3.05, 3.63) is 35.9 Å². The third kappa shape index (κ3) is 5.84. The summed E-state index contributed by atoms with van der Waals surface area (Å²) in [4.78, 5) is 28.7. The van der Waals surface area contributed by atoms with Gasteiger partial charge in [-0.15, -0.1) is 0 Å². The number of rotatable bonds is 6. The molecule has 0 aromatic heterocycles. The van der Waals surface area contributed by atoms with Crippen LogP contribution in [0.25, 0.3) is 0 Å². The Balaban J connectivity index is 1.34. The third-order valence-electron chi connectivity index (χ3n) is 5.61. The number of nitrogens with one attached hydrogen (secondary N) is 1. The number of carbonyl (C=O) groups excluding carboxylic acids is 2. The Morgan fingerprint density at radius 1 is 0.962 bits per heavy atom.